The Labute approximate surface area is 104 Å². The molecule has 0 bridgehead atoms. The van der Waals surface area contributed by atoms with Crippen molar-refractivity contribution in [2.45, 2.75) is 46.2 Å². The maximum atomic E-state index is 5.04. The molecule has 4 nitrogen and oxygen atoms in total. The summed E-state index contributed by atoms with van der Waals surface area (Å²) >= 11 is 0. The van der Waals surface area contributed by atoms with Crippen LogP contribution in [-0.2, 0) is 24.1 Å². The average molecular weight is 237 g/mol. The fraction of sp³-hybridized carbons (Fsp3) is 0.692. The predicted octanol–water partition coefficient (Wildman–Crippen LogP) is 1.73. The first-order chi connectivity index (χ1) is 8.17. The molecule has 0 fully saturated rings. The molecule has 96 valence electrons. The highest BCUT2D eigenvalue weighted by Crippen LogP contribution is 2.07. The number of aryl methyl sites for hydroxylation is 1. The Hall–Kier alpha value is -1.00. The van der Waals surface area contributed by atoms with Crippen LogP contribution in [0.3, 0.4) is 0 Å². The molecular weight excluding hydrogens is 214 g/mol. The van der Waals surface area contributed by atoms with Crippen molar-refractivity contribution in [1.29, 1.82) is 0 Å². The molecule has 0 spiro atoms. The highest BCUT2D eigenvalue weighted by Gasteiger charge is 2.06. The number of hydrogen-bond donors (Lipinski definition) is 1. The molecule has 0 saturated heterocycles. The molecule has 4 heteroatoms. The lowest BCUT2D eigenvalue weighted by molar-refractivity contribution is 0.200. The van der Waals surface area contributed by atoms with Crippen LogP contribution in [0.5, 0.6) is 0 Å². The van der Waals surface area contributed by atoms with Gasteiger partial charge in [0.15, 0.2) is 0 Å². The second-order valence-corrected chi connectivity index (χ2v) is 4.39. The van der Waals surface area contributed by atoms with E-state index in [2.05, 4.69) is 36.1 Å². The maximum absolute atomic E-state index is 5.04. The van der Waals surface area contributed by atoms with E-state index in [-0.39, 0.29) is 0 Å². The standard InChI is InChI=1S/C13H23N3O/c1-5-12-11(8-14-10(2)3)9-15-13(16-12)6-7-17-4/h9-10,14H,5-8H2,1-4H3. The number of methoxy groups -OCH3 is 1. The quantitative estimate of drug-likeness (QED) is 0.784. The number of hydrogen-bond acceptors (Lipinski definition) is 4. The van der Waals surface area contributed by atoms with Gasteiger partial charge in [-0.3, -0.25) is 0 Å². The van der Waals surface area contributed by atoms with E-state index in [1.807, 2.05) is 6.20 Å². The zero-order chi connectivity index (χ0) is 12.7. The molecule has 0 radical (unpaired) electrons. The number of ether oxygens (including phenoxy) is 1. The monoisotopic (exact) mass is 237 g/mol. The second-order valence-electron chi connectivity index (χ2n) is 4.39. The number of nitrogens with one attached hydrogen (secondary N) is 1. The van der Waals surface area contributed by atoms with Crippen LogP contribution in [0.25, 0.3) is 0 Å². The van der Waals surface area contributed by atoms with Crippen molar-refractivity contribution in [2.75, 3.05) is 13.7 Å². The Bertz CT molecular complexity index is 339. The topological polar surface area (TPSA) is 47.0 Å². The molecule has 0 aliphatic rings. The minimum absolute atomic E-state index is 0.480. The van der Waals surface area contributed by atoms with Crippen molar-refractivity contribution >= 4 is 0 Å². The summed E-state index contributed by atoms with van der Waals surface area (Å²) in [5, 5.41) is 3.39. The third-order valence-electron chi connectivity index (χ3n) is 2.57. The van der Waals surface area contributed by atoms with Gasteiger partial charge in [0.1, 0.15) is 5.82 Å². The van der Waals surface area contributed by atoms with E-state index >= 15 is 0 Å². The van der Waals surface area contributed by atoms with Gasteiger partial charge in [0.2, 0.25) is 0 Å². The number of rotatable bonds is 7. The summed E-state index contributed by atoms with van der Waals surface area (Å²) in [6, 6.07) is 0.480. The first-order valence-electron chi connectivity index (χ1n) is 6.23. The Balaban J connectivity index is 2.71. The number of aromatic nitrogens is 2. The van der Waals surface area contributed by atoms with Crippen molar-refractivity contribution in [2.24, 2.45) is 0 Å². The summed E-state index contributed by atoms with van der Waals surface area (Å²) in [5.74, 6) is 0.872. The first-order valence-corrected chi connectivity index (χ1v) is 6.23. The van der Waals surface area contributed by atoms with Crippen LogP contribution in [0.2, 0.25) is 0 Å². The van der Waals surface area contributed by atoms with Gasteiger partial charge in [0, 0.05) is 43.6 Å². The van der Waals surface area contributed by atoms with Gasteiger partial charge in [-0.25, -0.2) is 9.97 Å². The van der Waals surface area contributed by atoms with Gasteiger partial charge in [-0.1, -0.05) is 20.8 Å². The van der Waals surface area contributed by atoms with E-state index in [9.17, 15) is 0 Å². The van der Waals surface area contributed by atoms with Crippen LogP contribution in [0.1, 0.15) is 37.9 Å². The van der Waals surface area contributed by atoms with Crippen LogP contribution in [0.15, 0.2) is 6.20 Å². The zero-order valence-corrected chi connectivity index (χ0v) is 11.3. The third kappa shape index (κ3) is 4.79. The summed E-state index contributed by atoms with van der Waals surface area (Å²) in [5.41, 5.74) is 2.33. The lowest BCUT2D eigenvalue weighted by Gasteiger charge is -2.11. The Kier molecular flexibility index (Phi) is 6.08. The van der Waals surface area contributed by atoms with E-state index in [0.717, 1.165) is 30.9 Å². The second kappa shape index (κ2) is 7.35. The average Bonchev–Trinajstić information content (AvgIpc) is 2.34. The largest absolute Gasteiger partial charge is 0.384 e. The Morgan fingerprint density at radius 3 is 2.76 bits per heavy atom. The molecule has 1 N–H and O–H groups in total. The Morgan fingerprint density at radius 2 is 2.18 bits per heavy atom. The summed E-state index contributed by atoms with van der Waals surface area (Å²) < 4.78 is 5.04. The van der Waals surface area contributed by atoms with Crippen molar-refractivity contribution in [3.05, 3.63) is 23.3 Å². The van der Waals surface area contributed by atoms with Crippen LogP contribution >= 0.6 is 0 Å². The smallest absolute Gasteiger partial charge is 0.130 e. The summed E-state index contributed by atoms with van der Waals surface area (Å²) in [6.45, 7) is 7.91. The molecule has 0 atom stereocenters. The highest BCUT2D eigenvalue weighted by molar-refractivity contribution is 5.17. The third-order valence-corrected chi connectivity index (χ3v) is 2.57. The van der Waals surface area contributed by atoms with Crippen LogP contribution in [0.4, 0.5) is 0 Å². The minimum atomic E-state index is 0.480. The van der Waals surface area contributed by atoms with Gasteiger partial charge in [-0.05, 0) is 6.42 Å². The summed E-state index contributed by atoms with van der Waals surface area (Å²) in [6.07, 6.45) is 3.66. The molecule has 0 aliphatic carbocycles. The van der Waals surface area contributed by atoms with Crippen LogP contribution in [0, 0.1) is 0 Å². The molecular formula is C13H23N3O. The summed E-state index contributed by atoms with van der Waals surface area (Å²) in [4.78, 5) is 8.95. The minimum Gasteiger partial charge on any atom is -0.384 e. The molecule has 0 amide bonds. The van der Waals surface area contributed by atoms with Gasteiger partial charge in [0.25, 0.3) is 0 Å². The van der Waals surface area contributed by atoms with E-state index in [1.54, 1.807) is 7.11 Å². The normalized spacial score (nSPS) is 11.1. The molecule has 0 aromatic carbocycles. The van der Waals surface area contributed by atoms with E-state index in [4.69, 9.17) is 4.74 Å². The Morgan fingerprint density at radius 1 is 1.41 bits per heavy atom. The van der Waals surface area contributed by atoms with Gasteiger partial charge >= 0.3 is 0 Å². The van der Waals surface area contributed by atoms with Crippen LogP contribution < -0.4 is 5.32 Å². The fourth-order valence-corrected chi connectivity index (χ4v) is 1.57. The fourth-order valence-electron chi connectivity index (χ4n) is 1.57. The number of nitrogens with zero attached hydrogens (tertiary/aromatic N) is 2. The SMILES string of the molecule is CCc1nc(CCOC)ncc1CNC(C)C. The first kappa shape index (κ1) is 14.1. The van der Waals surface area contributed by atoms with E-state index < -0.39 is 0 Å². The molecule has 17 heavy (non-hydrogen) atoms. The molecule has 1 rings (SSSR count). The van der Waals surface area contributed by atoms with Crippen molar-refractivity contribution < 1.29 is 4.74 Å². The van der Waals surface area contributed by atoms with Crippen molar-refractivity contribution in [3.63, 3.8) is 0 Å². The lowest BCUT2D eigenvalue weighted by Crippen LogP contribution is -2.23. The molecule has 1 heterocycles. The predicted molar refractivity (Wildman–Crippen MR) is 69.0 cm³/mol. The van der Waals surface area contributed by atoms with Gasteiger partial charge in [-0.15, -0.1) is 0 Å². The zero-order valence-electron chi connectivity index (χ0n) is 11.3. The molecule has 0 aliphatic heterocycles. The maximum Gasteiger partial charge on any atom is 0.130 e. The van der Waals surface area contributed by atoms with Gasteiger partial charge < -0.3 is 10.1 Å². The van der Waals surface area contributed by atoms with E-state index in [0.29, 0.717) is 12.6 Å². The highest BCUT2D eigenvalue weighted by atomic mass is 16.5. The molecule has 0 unspecified atom stereocenters. The molecule has 1 aromatic rings. The molecule has 0 saturated carbocycles. The molecule has 1 aromatic heterocycles. The van der Waals surface area contributed by atoms with Crippen LogP contribution in [-0.4, -0.2) is 29.7 Å². The summed E-state index contributed by atoms with van der Waals surface area (Å²) in [7, 11) is 1.70. The van der Waals surface area contributed by atoms with Gasteiger partial charge in [-0.2, -0.15) is 0 Å². The van der Waals surface area contributed by atoms with Crippen molar-refractivity contribution in [3.8, 4) is 0 Å². The lowest BCUT2D eigenvalue weighted by atomic mass is 10.1. The van der Waals surface area contributed by atoms with Gasteiger partial charge in [0.05, 0.1) is 6.61 Å². The van der Waals surface area contributed by atoms with Crippen molar-refractivity contribution in [1.82, 2.24) is 15.3 Å². The van der Waals surface area contributed by atoms with E-state index in [1.165, 1.54) is 5.56 Å².